The van der Waals surface area contributed by atoms with Gasteiger partial charge in [0, 0.05) is 60.8 Å². The Labute approximate surface area is 372 Å². The molecule has 0 unspecified atom stereocenters. The number of rotatable bonds is 1. The van der Waals surface area contributed by atoms with Gasteiger partial charge in [-0.25, -0.2) is 0 Å². The fourth-order valence-electron chi connectivity index (χ4n) is 11.7. The molecule has 0 radical (unpaired) electrons. The Morgan fingerprint density at radius 2 is 1.02 bits per heavy atom. The summed E-state index contributed by atoms with van der Waals surface area (Å²) in [5, 5.41) is 15.0. The molecule has 3 nitrogen and oxygen atoms in total. The van der Waals surface area contributed by atoms with E-state index < -0.39 is 0 Å². The number of para-hydroxylation sites is 3. The van der Waals surface area contributed by atoms with Gasteiger partial charge in [-0.3, -0.25) is 0 Å². The van der Waals surface area contributed by atoms with Crippen LogP contribution in [0.25, 0.3) is 98.0 Å². The minimum absolute atomic E-state index is 0.0674. The minimum atomic E-state index is -0.118. The third kappa shape index (κ3) is 4.73. The molecule has 0 bridgehead atoms. The van der Waals surface area contributed by atoms with E-state index in [4.69, 9.17) is 4.42 Å². The molecule has 0 fully saturated rings. The molecule has 0 saturated heterocycles. The van der Waals surface area contributed by atoms with Crippen molar-refractivity contribution in [3.05, 3.63) is 175 Å². The molecule has 0 spiro atoms. The van der Waals surface area contributed by atoms with Gasteiger partial charge < -0.3 is 13.8 Å². The molecule has 0 amide bonds. The summed E-state index contributed by atoms with van der Waals surface area (Å²) in [5.41, 5.74) is 15.5. The molecule has 12 aromatic rings. The lowest BCUT2D eigenvalue weighted by Gasteiger charge is -2.41. The van der Waals surface area contributed by atoms with Gasteiger partial charge in [0.25, 0.3) is 0 Å². The second kappa shape index (κ2) is 12.2. The molecule has 10 aromatic carbocycles. The molecule has 4 heteroatoms. The lowest BCUT2D eigenvalue weighted by atomic mass is 9.45. The van der Waals surface area contributed by atoms with Crippen molar-refractivity contribution in [1.82, 2.24) is 4.48 Å². The summed E-state index contributed by atoms with van der Waals surface area (Å²) < 4.78 is 9.73. The maximum atomic E-state index is 7.07. The van der Waals surface area contributed by atoms with Gasteiger partial charge >= 0.3 is 6.85 Å². The maximum Gasteiger partial charge on any atom is 0.333 e. The Morgan fingerprint density at radius 3 is 1.67 bits per heavy atom. The van der Waals surface area contributed by atoms with Crippen LogP contribution in [0.5, 0.6) is 0 Å². The zero-order valence-electron chi connectivity index (χ0n) is 37.0. The van der Waals surface area contributed by atoms with E-state index in [9.17, 15) is 0 Å². The summed E-state index contributed by atoms with van der Waals surface area (Å²) in [5.74, 6) is 0. The molecular weight excluding hydrogens is 775 g/mol. The SMILES string of the molecule is CC(C)(C)c1cc(N2c3cc4cc5c6ccccc6c6ccccc6c5cc4cc3B3c4c2cc2c(oc5ccccc52)c4-c2cccc4c5ccccc5n3c24)cc(C(C)(C)C)c1. The van der Waals surface area contributed by atoms with Crippen molar-refractivity contribution in [3.63, 3.8) is 0 Å². The van der Waals surface area contributed by atoms with Gasteiger partial charge in [0.15, 0.2) is 0 Å². The van der Waals surface area contributed by atoms with E-state index in [0.29, 0.717) is 0 Å². The number of hydrogen-bond donors (Lipinski definition) is 0. The van der Waals surface area contributed by atoms with Crippen molar-refractivity contribution in [2.45, 2.75) is 52.4 Å². The standard InChI is InChI=1S/C60H45BN2O/c1-59(2,3)36-30-37(60(4,5)6)32-38(31-36)62-52-29-35-27-48-42-19-10-8-17-40(42)39-16-7-9-18-41(39)47(48)26-34(35)28-50(52)61-56-53(62)33-49-44-21-12-14-25-54(44)64-58(49)55(56)46-23-15-22-45-43-20-11-13-24-51(43)63(61)57(45)46/h7-33H,1-6H3. The smallest absolute Gasteiger partial charge is 0.333 e. The highest BCUT2D eigenvalue weighted by atomic mass is 16.3. The molecule has 64 heavy (non-hydrogen) atoms. The highest BCUT2D eigenvalue weighted by molar-refractivity contribution is 6.90. The summed E-state index contributed by atoms with van der Waals surface area (Å²) in [7, 11) is 0. The first kappa shape index (κ1) is 36.2. The van der Waals surface area contributed by atoms with E-state index >= 15 is 0 Å². The van der Waals surface area contributed by atoms with Crippen molar-refractivity contribution in [3.8, 4) is 11.1 Å². The topological polar surface area (TPSA) is 21.3 Å². The minimum Gasteiger partial charge on any atom is -0.455 e. The Kier molecular flexibility index (Phi) is 6.93. The summed E-state index contributed by atoms with van der Waals surface area (Å²) >= 11 is 0. The number of aromatic nitrogens is 1. The maximum absolute atomic E-state index is 7.07. The lowest BCUT2D eigenvalue weighted by molar-refractivity contribution is 0.569. The molecule has 0 saturated carbocycles. The Balaban J connectivity index is 1.20. The van der Waals surface area contributed by atoms with E-state index in [1.165, 1.54) is 115 Å². The van der Waals surface area contributed by atoms with Gasteiger partial charge in [-0.05, 0) is 125 Å². The average molecular weight is 821 g/mol. The van der Waals surface area contributed by atoms with Crippen molar-refractivity contribution < 1.29 is 4.42 Å². The van der Waals surface area contributed by atoms with Crippen LogP contribution in [-0.4, -0.2) is 11.3 Å². The summed E-state index contributed by atoms with van der Waals surface area (Å²) in [6.45, 7) is 13.9. The molecule has 304 valence electrons. The van der Waals surface area contributed by atoms with Crippen LogP contribution in [0.2, 0.25) is 0 Å². The Morgan fingerprint density at radius 1 is 0.453 bits per heavy atom. The largest absolute Gasteiger partial charge is 0.455 e. The Bertz CT molecular complexity index is 4030. The van der Waals surface area contributed by atoms with Gasteiger partial charge in [0.1, 0.15) is 11.2 Å². The molecule has 0 N–H and O–H groups in total. The first-order valence-electron chi connectivity index (χ1n) is 22.8. The molecule has 14 rings (SSSR count). The van der Waals surface area contributed by atoms with Crippen molar-refractivity contribution in [2.75, 3.05) is 4.90 Å². The number of anilines is 3. The second-order valence-electron chi connectivity index (χ2n) is 20.5. The van der Waals surface area contributed by atoms with E-state index in [0.717, 1.165) is 21.9 Å². The fourth-order valence-corrected chi connectivity index (χ4v) is 11.7. The number of fused-ring (bicyclic) bond motifs is 18. The first-order chi connectivity index (χ1) is 31.0. The van der Waals surface area contributed by atoms with Crippen LogP contribution in [0.15, 0.2) is 168 Å². The van der Waals surface area contributed by atoms with Crippen LogP contribution in [-0.2, 0) is 10.8 Å². The zero-order chi connectivity index (χ0) is 43.0. The quantitative estimate of drug-likeness (QED) is 0.0934. The summed E-state index contributed by atoms with van der Waals surface area (Å²) in [4.78, 5) is 2.62. The molecule has 2 aromatic heterocycles. The van der Waals surface area contributed by atoms with E-state index in [1.807, 2.05) is 0 Å². The van der Waals surface area contributed by atoms with Gasteiger partial charge in [0.2, 0.25) is 0 Å². The van der Waals surface area contributed by atoms with Gasteiger partial charge in [-0.2, -0.15) is 0 Å². The highest BCUT2D eigenvalue weighted by Crippen LogP contribution is 2.51. The van der Waals surface area contributed by atoms with Gasteiger partial charge in [0.05, 0.1) is 0 Å². The van der Waals surface area contributed by atoms with Gasteiger partial charge in [-0.15, -0.1) is 0 Å². The van der Waals surface area contributed by atoms with Crippen molar-refractivity contribution in [2.24, 2.45) is 0 Å². The number of nitrogens with zero attached hydrogens (tertiary/aromatic N) is 2. The van der Waals surface area contributed by atoms with Crippen LogP contribution in [0.4, 0.5) is 17.1 Å². The monoisotopic (exact) mass is 820 g/mol. The van der Waals surface area contributed by atoms with Crippen LogP contribution < -0.4 is 15.8 Å². The average Bonchev–Trinajstić information content (AvgIpc) is 3.84. The first-order valence-corrected chi connectivity index (χ1v) is 22.8. The van der Waals surface area contributed by atoms with Crippen LogP contribution in [0, 0.1) is 0 Å². The predicted molar refractivity (Wildman–Crippen MR) is 275 cm³/mol. The summed E-state index contributed by atoms with van der Waals surface area (Å²) in [6.07, 6.45) is 0. The summed E-state index contributed by atoms with van der Waals surface area (Å²) in [6, 6.07) is 62.2. The highest BCUT2D eigenvalue weighted by Gasteiger charge is 2.45. The van der Waals surface area contributed by atoms with Gasteiger partial charge in [-0.1, -0.05) is 157 Å². The molecular formula is C60H45BN2O. The van der Waals surface area contributed by atoms with Crippen LogP contribution >= 0.6 is 0 Å². The van der Waals surface area contributed by atoms with E-state index in [1.54, 1.807) is 0 Å². The van der Waals surface area contributed by atoms with E-state index in [-0.39, 0.29) is 17.7 Å². The van der Waals surface area contributed by atoms with E-state index in [2.05, 4.69) is 215 Å². The van der Waals surface area contributed by atoms with Crippen molar-refractivity contribution >= 4 is 122 Å². The number of benzene rings is 10. The third-order valence-corrected chi connectivity index (χ3v) is 14.8. The Hall–Kier alpha value is -7.30. The van der Waals surface area contributed by atoms with Crippen LogP contribution in [0.1, 0.15) is 52.7 Å². The molecule has 2 aliphatic rings. The second-order valence-corrected chi connectivity index (χ2v) is 20.5. The molecule has 4 heterocycles. The van der Waals surface area contributed by atoms with Crippen LogP contribution in [0.3, 0.4) is 0 Å². The normalized spacial score (nSPS) is 13.7. The molecule has 2 aliphatic heterocycles. The lowest BCUT2D eigenvalue weighted by Crippen LogP contribution is -2.56. The zero-order valence-corrected chi connectivity index (χ0v) is 37.0. The molecule has 0 aliphatic carbocycles. The number of hydrogen-bond acceptors (Lipinski definition) is 2. The number of furan rings is 1. The fraction of sp³-hybridized carbons (Fsp3) is 0.133. The molecule has 0 atom stereocenters. The van der Waals surface area contributed by atoms with Crippen molar-refractivity contribution in [1.29, 1.82) is 0 Å². The predicted octanol–water partition coefficient (Wildman–Crippen LogP) is 15.3. The third-order valence-electron chi connectivity index (χ3n) is 14.8.